The van der Waals surface area contributed by atoms with E-state index < -0.39 is 0 Å². The van der Waals surface area contributed by atoms with E-state index in [1.54, 1.807) is 24.3 Å². The molecule has 2 rings (SSSR count). The lowest BCUT2D eigenvalue weighted by molar-refractivity contribution is 0.0987. The normalized spacial score (nSPS) is 12.0. The van der Waals surface area contributed by atoms with Crippen molar-refractivity contribution in [1.82, 2.24) is 5.32 Å². The van der Waals surface area contributed by atoms with Crippen molar-refractivity contribution < 1.29 is 15.0 Å². The predicted octanol–water partition coefficient (Wildman–Crippen LogP) is 2.89. The average Bonchev–Trinajstić information content (AvgIpc) is 2.52. The van der Waals surface area contributed by atoms with Crippen LogP contribution in [0.15, 0.2) is 48.5 Å². The number of carbonyl (C=O) groups is 1. The molecular formula is C18H21NO3. The quantitative estimate of drug-likeness (QED) is 0.688. The van der Waals surface area contributed by atoms with E-state index in [1.165, 1.54) is 12.1 Å². The largest absolute Gasteiger partial charge is 0.508 e. The fraction of sp³-hybridized carbons (Fsp3) is 0.278. The fourth-order valence-electron chi connectivity index (χ4n) is 2.16. The second-order valence-corrected chi connectivity index (χ2v) is 5.46. The highest BCUT2D eigenvalue weighted by Gasteiger charge is 2.08. The van der Waals surface area contributed by atoms with E-state index in [0.29, 0.717) is 5.56 Å². The zero-order valence-electron chi connectivity index (χ0n) is 12.6. The van der Waals surface area contributed by atoms with Gasteiger partial charge in [-0.3, -0.25) is 4.79 Å². The molecule has 0 saturated carbocycles. The first kappa shape index (κ1) is 16.0. The molecule has 0 aliphatic heterocycles. The number of hydrogen-bond acceptors (Lipinski definition) is 4. The Labute approximate surface area is 130 Å². The molecule has 1 atom stereocenters. The predicted molar refractivity (Wildman–Crippen MR) is 86.3 cm³/mol. The Balaban J connectivity index is 1.75. The summed E-state index contributed by atoms with van der Waals surface area (Å²) in [6.07, 6.45) is 1.80. The summed E-state index contributed by atoms with van der Waals surface area (Å²) in [7, 11) is 0. The first-order valence-electron chi connectivity index (χ1n) is 7.38. The van der Waals surface area contributed by atoms with Gasteiger partial charge in [-0.25, -0.2) is 0 Å². The van der Waals surface area contributed by atoms with Gasteiger partial charge < -0.3 is 15.5 Å². The van der Waals surface area contributed by atoms with Crippen LogP contribution in [-0.2, 0) is 6.42 Å². The molecule has 0 saturated heterocycles. The molecule has 0 radical (unpaired) electrons. The zero-order valence-corrected chi connectivity index (χ0v) is 12.6. The minimum atomic E-state index is 0.0106. The van der Waals surface area contributed by atoms with E-state index in [2.05, 4.69) is 5.32 Å². The van der Waals surface area contributed by atoms with E-state index >= 15 is 0 Å². The maximum Gasteiger partial charge on any atom is 0.176 e. The highest BCUT2D eigenvalue weighted by molar-refractivity contribution is 5.97. The van der Waals surface area contributed by atoms with Crippen LogP contribution in [0, 0.1) is 0 Å². The van der Waals surface area contributed by atoms with Crippen LogP contribution in [0.4, 0.5) is 0 Å². The second kappa shape index (κ2) is 7.61. The molecule has 116 valence electrons. The molecule has 0 bridgehead atoms. The van der Waals surface area contributed by atoms with Crippen LogP contribution < -0.4 is 5.32 Å². The molecule has 0 amide bonds. The molecule has 4 nitrogen and oxygen atoms in total. The van der Waals surface area contributed by atoms with Crippen molar-refractivity contribution in [2.24, 2.45) is 0 Å². The summed E-state index contributed by atoms with van der Waals surface area (Å²) in [5.41, 5.74) is 1.76. The SMILES string of the molecule is CC(CC[14c]1[14cH][14cH][14c](O)[14cH][14cH]1)NCC(=O)c1ccc(O)cc1. The third kappa shape index (κ3) is 4.90. The summed E-state index contributed by atoms with van der Waals surface area (Å²) < 4.78 is 0. The molecule has 0 spiro atoms. The number of rotatable bonds is 7. The molecule has 0 aromatic heterocycles. The Bertz CT molecular complexity index is 605. The number of Topliss-reactive ketones (excluding diaryl/α,β-unsaturated/α-hetero) is 1. The first-order valence-corrected chi connectivity index (χ1v) is 7.38. The van der Waals surface area contributed by atoms with E-state index in [1.807, 2.05) is 19.1 Å². The Morgan fingerprint density at radius 3 is 2.50 bits per heavy atom. The maximum absolute atomic E-state index is 12.0. The lowest BCUT2D eigenvalue weighted by atomic mass is 10.1. The van der Waals surface area contributed by atoms with Crippen LogP contribution in [0.2, 0.25) is 0 Å². The van der Waals surface area contributed by atoms with E-state index in [-0.39, 0.29) is 29.9 Å². The van der Waals surface area contributed by atoms with Gasteiger partial charge in [0.15, 0.2) is 5.78 Å². The molecule has 4 heteroatoms. The topological polar surface area (TPSA) is 69.6 Å². The van der Waals surface area contributed by atoms with Crippen LogP contribution in [0.1, 0.15) is 29.3 Å². The number of benzene rings is 2. The number of nitrogens with one attached hydrogen (secondary N) is 1. The van der Waals surface area contributed by atoms with Gasteiger partial charge in [0.1, 0.15) is 11.5 Å². The highest BCUT2D eigenvalue weighted by atomic mass is 16.5. The van der Waals surface area contributed by atoms with Crippen molar-refractivity contribution in [1.29, 1.82) is 0 Å². The van der Waals surface area contributed by atoms with Gasteiger partial charge in [0.25, 0.3) is 0 Å². The molecule has 2 aromatic rings. The number of ketones is 1. The second-order valence-electron chi connectivity index (χ2n) is 5.46. The molecule has 0 aliphatic carbocycles. The van der Waals surface area contributed by atoms with Gasteiger partial charge in [-0.05, 0) is 61.7 Å². The van der Waals surface area contributed by atoms with Crippen molar-refractivity contribution in [2.75, 3.05) is 6.54 Å². The number of phenols is 2. The van der Waals surface area contributed by atoms with Crippen molar-refractivity contribution in [3.05, 3.63) is 59.7 Å². The summed E-state index contributed by atoms with van der Waals surface area (Å²) >= 11 is 0. The molecule has 0 aliphatic rings. The molecule has 1 unspecified atom stereocenters. The van der Waals surface area contributed by atoms with E-state index in [9.17, 15) is 15.0 Å². The van der Waals surface area contributed by atoms with Gasteiger partial charge in [-0.2, -0.15) is 0 Å². The van der Waals surface area contributed by atoms with Gasteiger partial charge in [0.2, 0.25) is 0 Å². The fourth-order valence-corrected chi connectivity index (χ4v) is 2.16. The van der Waals surface area contributed by atoms with Gasteiger partial charge in [0, 0.05) is 11.6 Å². The third-order valence-electron chi connectivity index (χ3n) is 3.60. The number of phenolic OH excluding ortho intramolecular Hbond substituents is 2. The van der Waals surface area contributed by atoms with Crippen molar-refractivity contribution in [3.8, 4) is 11.5 Å². The maximum atomic E-state index is 12.0. The van der Waals surface area contributed by atoms with E-state index in [4.69, 9.17) is 0 Å². The lowest BCUT2D eigenvalue weighted by Crippen LogP contribution is -2.31. The number of aromatic hydroxyl groups is 2. The Morgan fingerprint density at radius 1 is 1.23 bits per heavy atom. The summed E-state index contributed by atoms with van der Waals surface area (Å²) in [6.45, 7) is 2.33. The van der Waals surface area contributed by atoms with Crippen molar-refractivity contribution in [2.45, 2.75) is 25.8 Å². The summed E-state index contributed by atoms with van der Waals surface area (Å²) in [4.78, 5) is 12.0. The number of hydrogen-bond donors (Lipinski definition) is 3. The van der Waals surface area contributed by atoms with Crippen molar-refractivity contribution in [3.63, 3.8) is 0 Å². The van der Waals surface area contributed by atoms with Gasteiger partial charge in [-0.1, -0.05) is 12.1 Å². The summed E-state index contributed by atoms with van der Waals surface area (Å²) in [6, 6.07) is 13.7. The Kier molecular flexibility index (Phi) is 5.55. The summed E-state index contributed by atoms with van der Waals surface area (Å²) in [5.74, 6) is 0.442. The Morgan fingerprint density at radius 2 is 1.86 bits per heavy atom. The highest BCUT2D eigenvalue weighted by Crippen LogP contribution is 2.12. The lowest BCUT2D eigenvalue weighted by Gasteiger charge is -2.13. The van der Waals surface area contributed by atoms with Gasteiger partial charge in [-0.15, -0.1) is 0 Å². The molecule has 0 fully saturated rings. The van der Waals surface area contributed by atoms with Gasteiger partial charge in [0.05, 0.1) is 6.54 Å². The molecule has 3 N–H and O–H groups in total. The van der Waals surface area contributed by atoms with Crippen LogP contribution in [0.5, 0.6) is 11.5 Å². The Hall–Kier alpha value is -2.33. The average molecular weight is 311 g/mol. The molecule has 0 heterocycles. The first-order chi connectivity index (χ1) is 10.5. The minimum Gasteiger partial charge on any atom is -0.508 e. The molecule has 22 heavy (non-hydrogen) atoms. The van der Waals surface area contributed by atoms with Crippen molar-refractivity contribution >= 4 is 5.78 Å². The van der Waals surface area contributed by atoms with Gasteiger partial charge >= 0.3 is 0 Å². The number of carbonyl (C=O) groups excluding carboxylic acids is 1. The molecular weight excluding hydrogens is 290 g/mol. The minimum absolute atomic E-state index is 0.0106. The van der Waals surface area contributed by atoms with Crippen LogP contribution in [0.25, 0.3) is 0 Å². The number of aryl methyl sites for hydroxylation is 1. The third-order valence-corrected chi connectivity index (χ3v) is 3.60. The van der Waals surface area contributed by atoms with Crippen LogP contribution >= 0.6 is 0 Å². The smallest absolute Gasteiger partial charge is 0.176 e. The van der Waals surface area contributed by atoms with Crippen LogP contribution in [-0.4, -0.2) is 28.6 Å². The molecule has 2 aromatic carbocycles. The monoisotopic (exact) mass is 311 g/mol. The van der Waals surface area contributed by atoms with E-state index in [0.717, 1.165) is 18.4 Å². The van der Waals surface area contributed by atoms with Crippen LogP contribution in [0.3, 0.4) is 0 Å². The summed E-state index contributed by atoms with van der Waals surface area (Å²) in [5, 5.41) is 21.7. The standard InChI is InChI=1S/C18H21NO3/c1-13(2-3-14-4-8-16(20)9-5-14)19-12-18(22)15-6-10-17(21)11-7-15/h4-11,13,19-21H,2-3,12H2,1H3/i4+2,5+2,8+2,9+2,14+2,16+2. The zero-order chi connectivity index (χ0) is 15.9.